The fourth-order valence-electron chi connectivity index (χ4n) is 6.40. The molecule has 6 aromatic rings. The van der Waals surface area contributed by atoms with E-state index in [0.29, 0.717) is 34.0 Å². The number of rotatable bonds is 7. The average molecular weight is 935 g/mol. The fourth-order valence-corrected chi connectivity index (χ4v) is 7.78. The minimum Gasteiger partial charge on any atom is -0.871 e. The van der Waals surface area contributed by atoms with E-state index >= 15 is 0 Å². The second kappa shape index (κ2) is 17.6. The van der Waals surface area contributed by atoms with Gasteiger partial charge < -0.3 is 35.0 Å². The standard InChI is InChI=1S/C20H13N3O7S.C20H11N3O7S.Co/c2*24-16-8-5-11-3-1-2-4-13(11)19(16)21-22-20-14-7-6-12(23(26)27)9-15(14)18(10-17(20)25)31(28,29)30;/h1-10,24-25H,(H,28,29,30);1-10H,(H,28,29,30);/q;-2;+3/p-1. The quantitative estimate of drug-likeness (QED) is 0.0831. The largest absolute Gasteiger partial charge is 3.00 e. The smallest absolute Gasteiger partial charge is 0.871 e. The van der Waals surface area contributed by atoms with Gasteiger partial charge in [-0.25, -0.2) is 16.8 Å². The first kappa shape index (κ1) is 45.2. The Morgan fingerprint density at radius 2 is 1.27 bits per heavy atom. The summed E-state index contributed by atoms with van der Waals surface area (Å²) in [4.78, 5) is 33.3. The molecule has 318 valence electrons. The van der Waals surface area contributed by atoms with Gasteiger partial charge in [0.2, 0.25) is 11.6 Å². The topological polar surface area (TPSA) is 337 Å². The third-order valence-electron chi connectivity index (χ3n) is 9.23. The Kier molecular flexibility index (Phi) is 12.6. The van der Waals surface area contributed by atoms with Gasteiger partial charge in [0.05, 0.1) is 26.1 Å². The second-order valence-corrected chi connectivity index (χ2v) is 15.7. The third kappa shape index (κ3) is 9.15. The Hall–Kier alpha value is -7.35. The molecule has 6 aromatic carbocycles. The number of ketones is 2. The summed E-state index contributed by atoms with van der Waals surface area (Å²) in [5, 5.41) is 73.5. The summed E-state index contributed by atoms with van der Waals surface area (Å²) in [5.74, 6) is -2.78. The number of benzene rings is 6. The van der Waals surface area contributed by atoms with Crippen LogP contribution in [0.15, 0.2) is 141 Å². The molecule has 63 heavy (non-hydrogen) atoms. The van der Waals surface area contributed by atoms with Crippen molar-refractivity contribution in [1.82, 2.24) is 0 Å². The minimum atomic E-state index is -5.11. The average Bonchev–Trinajstić information content (AvgIpc) is 3.22. The van der Waals surface area contributed by atoms with E-state index in [4.69, 9.17) is 0 Å². The van der Waals surface area contributed by atoms with Crippen LogP contribution in [-0.4, -0.2) is 53.9 Å². The van der Waals surface area contributed by atoms with Gasteiger partial charge in [-0.2, -0.15) is 10.2 Å². The molecule has 2 aliphatic rings. The molecule has 23 heteroatoms. The van der Waals surface area contributed by atoms with Gasteiger partial charge in [-0.3, -0.25) is 19.7 Å². The molecule has 8 rings (SSSR count). The maximum atomic E-state index is 12.5. The molecule has 0 heterocycles. The summed E-state index contributed by atoms with van der Waals surface area (Å²) in [5.41, 5.74) is -0.987. The van der Waals surface area contributed by atoms with E-state index in [2.05, 4.69) is 20.4 Å². The van der Waals surface area contributed by atoms with E-state index < -0.39 is 74.6 Å². The summed E-state index contributed by atoms with van der Waals surface area (Å²) in [7, 11) is -10.2. The molecule has 2 aliphatic carbocycles. The molecule has 0 saturated heterocycles. The van der Waals surface area contributed by atoms with Crippen LogP contribution in [-0.2, 0) is 46.6 Å². The van der Waals surface area contributed by atoms with E-state index in [-0.39, 0.29) is 65.8 Å². The Morgan fingerprint density at radius 1 is 0.619 bits per heavy atom. The zero-order valence-electron chi connectivity index (χ0n) is 34.1. The van der Waals surface area contributed by atoms with Crippen molar-refractivity contribution in [1.29, 1.82) is 0 Å². The number of nitrogens with zero attached hydrogens (tertiary/aromatic N) is 6. The van der Waals surface area contributed by atoms with E-state index in [1.807, 2.05) is 0 Å². The van der Waals surface area contributed by atoms with Crippen molar-refractivity contribution in [3.8, 4) is 11.5 Å². The molecule has 20 nitrogen and oxygen atoms in total. The van der Waals surface area contributed by atoms with Gasteiger partial charge >= 0.3 is 21.1 Å². The normalized spacial score (nSPS) is 14.8. The van der Waals surface area contributed by atoms with Crippen molar-refractivity contribution in [2.75, 3.05) is 5.23 Å². The van der Waals surface area contributed by atoms with Crippen LogP contribution < -0.4 is 15.4 Å². The van der Waals surface area contributed by atoms with Gasteiger partial charge in [0.25, 0.3) is 5.69 Å². The van der Waals surface area contributed by atoms with Crippen molar-refractivity contribution in [2.45, 2.75) is 4.90 Å². The molecule has 0 unspecified atom stereocenters. The molecular weight excluding hydrogens is 912 g/mol. The van der Waals surface area contributed by atoms with E-state index in [1.165, 1.54) is 12.1 Å². The van der Waals surface area contributed by atoms with Crippen LogP contribution in [0.25, 0.3) is 32.5 Å². The Balaban J connectivity index is 0.000000330. The van der Waals surface area contributed by atoms with E-state index in [9.17, 15) is 66.3 Å². The zero-order valence-corrected chi connectivity index (χ0v) is 33.8. The maximum Gasteiger partial charge on any atom is 3.00 e. The first-order chi connectivity index (χ1) is 29.3. The number of non-ortho nitro benzene ring substituents is 1. The molecule has 0 fully saturated rings. The number of nitro benzene ring substituents is 1. The predicted molar refractivity (Wildman–Crippen MR) is 221 cm³/mol. The van der Waals surface area contributed by atoms with Gasteiger partial charge in [-0.1, -0.05) is 78.2 Å². The third-order valence-corrected chi connectivity index (χ3v) is 11.0. The van der Waals surface area contributed by atoms with Crippen molar-refractivity contribution in [2.24, 2.45) is 20.4 Å². The minimum absolute atomic E-state index is 0. The van der Waals surface area contributed by atoms with Crippen LogP contribution in [0.2, 0.25) is 0 Å². The summed E-state index contributed by atoms with van der Waals surface area (Å²) in [6.45, 7) is 0. The number of allylic oxidation sites excluding steroid dienone is 2. The van der Waals surface area contributed by atoms with Crippen LogP contribution in [0.5, 0.6) is 11.5 Å². The summed E-state index contributed by atoms with van der Waals surface area (Å²) in [6.07, 6.45) is 3.45. The summed E-state index contributed by atoms with van der Waals surface area (Å²) >= 11 is 0. The van der Waals surface area contributed by atoms with Gasteiger partial charge in [0.15, 0.2) is 0 Å². The molecule has 0 radical (unpaired) electrons. The van der Waals surface area contributed by atoms with E-state index in [1.54, 1.807) is 60.7 Å². The molecule has 0 aromatic heterocycles. The molecule has 0 saturated carbocycles. The summed E-state index contributed by atoms with van der Waals surface area (Å²) in [6, 6.07) is 23.2. The number of anilines is 1. The van der Waals surface area contributed by atoms with Gasteiger partial charge in [-0.05, 0) is 47.4 Å². The SMILES string of the molecule is O=C1C=Cc2ccccc2C1=NN=C1C(=O)C=C(S(=O)(=O)[O-])c2cc(N([O-])[O-])ccc21.O=[N+]([O-])c1ccc2c(N=Nc3c([O-])ccc4ccccc34)c([O-])cc(S(=O)(=O)[O-])c2c1.[Co+3].[H+].[H+].[H+]. The van der Waals surface area contributed by atoms with Gasteiger partial charge in [0.1, 0.15) is 31.7 Å². The number of hydrogen-bond donors (Lipinski definition) is 0. The second-order valence-electron chi connectivity index (χ2n) is 13.0. The zero-order chi connectivity index (χ0) is 44.7. The van der Waals surface area contributed by atoms with E-state index in [0.717, 1.165) is 36.4 Å². The first-order valence-corrected chi connectivity index (χ1v) is 20.1. The van der Waals surface area contributed by atoms with Crippen molar-refractivity contribution in [3.05, 3.63) is 158 Å². The molecule has 0 aliphatic heterocycles. The van der Waals surface area contributed by atoms with Crippen molar-refractivity contribution < 1.29 is 71.7 Å². The van der Waals surface area contributed by atoms with Gasteiger partial charge in [-0.15, -0.1) is 10.2 Å². The molecule has 0 amide bonds. The Labute approximate surface area is 369 Å². The number of nitro groups is 1. The van der Waals surface area contributed by atoms with Crippen LogP contribution in [0.4, 0.5) is 22.7 Å². The van der Waals surface area contributed by atoms with Crippen LogP contribution in [0, 0.1) is 20.5 Å². The molecule has 0 atom stereocenters. The molecule has 0 bridgehead atoms. The van der Waals surface area contributed by atoms with Crippen LogP contribution >= 0.6 is 0 Å². The number of fused-ring (bicyclic) bond motifs is 4. The fraction of sp³-hybridized carbons (Fsp3) is 0. The molecule has 0 spiro atoms. The maximum absolute atomic E-state index is 12.5. The predicted octanol–water partition coefficient (Wildman–Crippen LogP) is 5.45. The number of carbonyl (C=O) groups excluding carboxylic acids is 2. The number of azo groups is 1. The van der Waals surface area contributed by atoms with Crippen molar-refractivity contribution in [3.63, 3.8) is 0 Å². The first-order valence-electron chi connectivity index (χ1n) is 17.3. The number of carbonyl (C=O) groups is 2. The monoisotopic (exact) mass is 934 g/mol. The number of hydrogen-bond acceptors (Lipinski definition) is 19. The molecular formula is C40H23CoN6O14S2. The van der Waals surface area contributed by atoms with Crippen LogP contribution in [0.3, 0.4) is 0 Å². The molecule has 0 N–H and O–H groups in total. The Bertz CT molecular complexity index is 3350. The van der Waals surface area contributed by atoms with Crippen LogP contribution in [0.1, 0.15) is 26.5 Å². The summed E-state index contributed by atoms with van der Waals surface area (Å²) < 4.78 is 69.6. The van der Waals surface area contributed by atoms with Gasteiger partial charge in [0, 0.05) is 56.7 Å². The van der Waals surface area contributed by atoms with Crippen molar-refractivity contribution >= 4 is 98.5 Å². The Morgan fingerprint density at radius 3 is 1.94 bits per heavy atom.